The molecule has 2 rings (SSSR count). The van der Waals surface area contributed by atoms with Gasteiger partial charge in [0.2, 0.25) is 0 Å². The second kappa shape index (κ2) is 4.72. The van der Waals surface area contributed by atoms with Crippen molar-refractivity contribution in [3.63, 3.8) is 0 Å². The summed E-state index contributed by atoms with van der Waals surface area (Å²) in [6, 6.07) is 6.41. The number of hydrogen-bond donors (Lipinski definition) is 1. The number of carbonyl (C=O) groups is 1. The zero-order valence-corrected chi connectivity index (χ0v) is 11.3. The number of sulfone groups is 1. The van der Waals surface area contributed by atoms with Crippen LogP contribution < -0.4 is 5.32 Å². The molecule has 1 unspecified atom stereocenters. The summed E-state index contributed by atoms with van der Waals surface area (Å²) in [4.78, 5) is 12.2. The summed E-state index contributed by atoms with van der Waals surface area (Å²) in [6.45, 7) is 1.96. The summed E-state index contributed by atoms with van der Waals surface area (Å²) >= 11 is 0. The molecule has 0 aliphatic heterocycles. The van der Waals surface area contributed by atoms with E-state index >= 15 is 0 Å². The molecule has 0 saturated heterocycles. The predicted molar refractivity (Wildman–Crippen MR) is 69.2 cm³/mol. The van der Waals surface area contributed by atoms with Gasteiger partial charge in [0, 0.05) is 12.3 Å². The first-order valence-electron chi connectivity index (χ1n) is 5.99. The fourth-order valence-corrected chi connectivity index (χ4v) is 2.86. The van der Waals surface area contributed by atoms with Crippen molar-refractivity contribution < 1.29 is 13.2 Å². The second-order valence-corrected chi connectivity index (χ2v) is 6.85. The highest BCUT2D eigenvalue weighted by atomic mass is 32.2. The molecule has 1 N–H and O–H groups in total. The molecular weight excluding hydrogens is 250 g/mol. The third-order valence-electron chi connectivity index (χ3n) is 3.22. The minimum atomic E-state index is -3.38. The van der Waals surface area contributed by atoms with Gasteiger partial charge in [-0.25, -0.2) is 8.42 Å². The average molecular weight is 267 g/mol. The number of benzene rings is 1. The van der Waals surface area contributed by atoms with Crippen LogP contribution >= 0.6 is 0 Å². The maximum Gasteiger partial charge on any atom is 0.252 e. The van der Waals surface area contributed by atoms with Crippen LogP contribution in [0.15, 0.2) is 29.2 Å². The maximum absolute atomic E-state index is 12.1. The Hall–Kier alpha value is -1.36. The number of nitrogens with one attached hydrogen (secondary N) is 1. The Balaban J connectivity index is 2.24. The van der Waals surface area contributed by atoms with Crippen LogP contribution in [0.1, 0.15) is 30.1 Å². The van der Waals surface area contributed by atoms with Crippen molar-refractivity contribution in [1.82, 2.24) is 5.32 Å². The smallest absolute Gasteiger partial charge is 0.252 e. The summed E-state index contributed by atoms with van der Waals surface area (Å²) in [5.74, 6) is 0.231. The molecule has 18 heavy (non-hydrogen) atoms. The Morgan fingerprint density at radius 1 is 1.33 bits per heavy atom. The monoisotopic (exact) mass is 267 g/mol. The lowest BCUT2D eigenvalue weighted by Gasteiger charge is -2.14. The van der Waals surface area contributed by atoms with E-state index in [-0.39, 0.29) is 22.4 Å². The summed E-state index contributed by atoms with van der Waals surface area (Å²) in [6.07, 6.45) is 3.38. The minimum Gasteiger partial charge on any atom is -0.349 e. The van der Waals surface area contributed by atoms with E-state index < -0.39 is 9.84 Å². The van der Waals surface area contributed by atoms with Gasteiger partial charge in [0.05, 0.1) is 10.5 Å². The van der Waals surface area contributed by atoms with Crippen molar-refractivity contribution in [2.75, 3.05) is 6.26 Å². The van der Waals surface area contributed by atoms with Crippen LogP contribution in [0.4, 0.5) is 0 Å². The van der Waals surface area contributed by atoms with E-state index in [1.807, 2.05) is 6.92 Å². The lowest BCUT2D eigenvalue weighted by Crippen LogP contribution is -2.34. The van der Waals surface area contributed by atoms with Gasteiger partial charge in [-0.2, -0.15) is 0 Å². The predicted octanol–water partition coefficient (Wildman–Crippen LogP) is 1.62. The van der Waals surface area contributed by atoms with Gasteiger partial charge in [-0.1, -0.05) is 12.1 Å². The molecule has 0 radical (unpaired) electrons. The fourth-order valence-electron chi connectivity index (χ4n) is 1.98. The Morgan fingerprint density at radius 2 is 1.94 bits per heavy atom. The Kier molecular flexibility index (Phi) is 3.43. The molecule has 5 heteroatoms. The molecule has 1 aliphatic carbocycles. The maximum atomic E-state index is 12.1. The SMILES string of the molecule is CC(NC(=O)c1ccccc1S(C)(=O)=O)C1CC1. The molecule has 0 spiro atoms. The second-order valence-electron chi connectivity index (χ2n) is 4.87. The molecule has 1 fully saturated rings. The zero-order chi connectivity index (χ0) is 13.3. The summed E-state index contributed by atoms with van der Waals surface area (Å²) in [5, 5.41) is 2.87. The van der Waals surface area contributed by atoms with Crippen molar-refractivity contribution in [1.29, 1.82) is 0 Å². The van der Waals surface area contributed by atoms with Crippen molar-refractivity contribution in [3.8, 4) is 0 Å². The van der Waals surface area contributed by atoms with Crippen molar-refractivity contribution >= 4 is 15.7 Å². The Bertz CT molecular complexity index is 561. The molecule has 1 aromatic carbocycles. The molecule has 0 bridgehead atoms. The van der Waals surface area contributed by atoms with E-state index in [1.165, 1.54) is 6.07 Å². The molecule has 1 aliphatic rings. The zero-order valence-electron chi connectivity index (χ0n) is 10.5. The van der Waals surface area contributed by atoms with Crippen LogP contribution in [0.5, 0.6) is 0 Å². The highest BCUT2D eigenvalue weighted by Crippen LogP contribution is 2.32. The van der Waals surface area contributed by atoms with Gasteiger partial charge in [-0.05, 0) is 37.8 Å². The van der Waals surface area contributed by atoms with Crippen LogP contribution in [0, 0.1) is 5.92 Å². The van der Waals surface area contributed by atoms with E-state index in [1.54, 1.807) is 18.2 Å². The van der Waals surface area contributed by atoms with Gasteiger partial charge in [-0.3, -0.25) is 4.79 Å². The van der Waals surface area contributed by atoms with E-state index in [0.29, 0.717) is 5.92 Å². The molecule has 1 saturated carbocycles. The number of amides is 1. The minimum absolute atomic E-state index is 0.0884. The van der Waals surface area contributed by atoms with E-state index in [0.717, 1.165) is 19.1 Å². The highest BCUT2D eigenvalue weighted by molar-refractivity contribution is 7.90. The summed E-state index contributed by atoms with van der Waals surface area (Å²) < 4.78 is 23.2. The van der Waals surface area contributed by atoms with Crippen LogP contribution in [0.2, 0.25) is 0 Å². The van der Waals surface area contributed by atoms with Crippen molar-refractivity contribution in [2.24, 2.45) is 5.92 Å². The molecular formula is C13H17NO3S. The number of carbonyl (C=O) groups excluding carboxylic acids is 1. The lowest BCUT2D eigenvalue weighted by molar-refractivity contribution is 0.0932. The van der Waals surface area contributed by atoms with E-state index in [9.17, 15) is 13.2 Å². The van der Waals surface area contributed by atoms with Crippen molar-refractivity contribution in [2.45, 2.75) is 30.7 Å². The standard InChI is InChI=1S/C13H17NO3S/c1-9(10-7-8-10)14-13(15)11-5-3-4-6-12(11)18(2,16)17/h3-6,9-10H,7-8H2,1-2H3,(H,14,15). The number of rotatable bonds is 4. The van der Waals surface area contributed by atoms with Crippen LogP contribution in [0.3, 0.4) is 0 Å². The molecule has 1 amide bonds. The first-order valence-corrected chi connectivity index (χ1v) is 7.88. The summed E-state index contributed by atoms with van der Waals surface area (Å²) in [5.41, 5.74) is 0.229. The fraction of sp³-hybridized carbons (Fsp3) is 0.462. The average Bonchev–Trinajstić information content (AvgIpc) is 3.11. The third-order valence-corrected chi connectivity index (χ3v) is 4.37. The normalized spacial score (nSPS) is 17.2. The first kappa shape index (κ1) is 13.1. The Labute approximate surface area is 107 Å². The first-order chi connectivity index (χ1) is 8.39. The largest absolute Gasteiger partial charge is 0.349 e. The topological polar surface area (TPSA) is 63.2 Å². The van der Waals surface area contributed by atoms with Crippen LogP contribution in [0.25, 0.3) is 0 Å². The number of hydrogen-bond acceptors (Lipinski definition) is 3. The molecule has 4 nitrogen and oxygen atoms in total. The van der Waals surface area contributed by atoms with Gasteiger partial charge < -0.3 is 5.32 Å². The quantitative estimate of drug-likeness (QED) is 0.901. The van der Waals surface area contributed by atoms with E-state index in [4.69, 9.17) is 0 Å². The van der Waals surface area contributed by atoms with Crippen molar-refractivity contribution in [3.05, 3.63) is 29.8 Å². The molecule has 0 heterocycles. The van der Waals surface area contributed by atoms with E-state index in [2.05, 4.69) is 5.32 Å². The Morgan fingerprint density at radius 3 is 2.50 bits per heavy atom. The van der Waals surface area contributed by atoms with Gasteiger partial charge in [-0.15, -0.1) is 0 Å². The van der Waals surface area contributed by atoms with Gasteiger partial charge in [0.25, 0.3) is 5.91 Å². The van der Waals surface area contributed by atoms with Gasteiger partial charge in [0.1, 0.15) is 0 Å². The third kappa shape index (κ3) is 2.90. The lowest BCUT2D eigenvalue weighted by atomic mass is 10.1. The molecule has 98 valence electrons. The summed E-state index contributed by atoms with van der Waals surface area (Å²) in [7, 11) is -3.38. The van der Waals surface area contributed by atoms with Gasteiger partial charge in [0.15, 0.2) is 9.84 Å². The van der Waals surface area contributed by atoms with Crippen LogP contribution in [-0.2, 0) is 9.84 Å². The molecule has 1 aromatic rings. The molecule has 1 atom stereocenters. The molecule has 0 aromatic heterocycles. The van der Waals surface area contributed by atoms with Crippen LogP contribution in [-0.4, -0.2) is 26.6 Å². The van der Waals surface area contributed by atoms with Gasteiger partial charge >= 0.3 is 0 Å². The highest BCUT2D eigenvalue weighted by Gasteiger charge is 2.29.